The third-order valence-corrected chi connectivity index (χ3v) is 2.75. The van der Waals surface area contributed by atoms with Crippen LogP contribution in [-0.2, 0) is 4.43 Å². The van der Waals surface area contributed by atoms with Crippen molar-refractivity contribution >= 4 is 8.32 Å². The molecule has 0 aliphatic rings. The molecule has 0 bridgehead atoms. The molecule has 0 aromatic carbocycles. The monoisotopic (exact) mass is 198 g/mol. The Bertz CT molecular complexity index is 185. The Hall–Kier alpha value is -0.303. The molecule has 0 N–H and O–H groups in total. The minimum atomic E-state index is -1.40. The van der Waals surface area contributed by atoms with Crippen LogP contribution >= 0.6 is 0 Å². The van der Waals surface area contributed by atoms with Gasteiger partial charge in [-0.15, -0.1) is 5.73 Å². The lowest BCUT2D eigenvalue weighted by molar-refractivity contribution is 0.147. The average molecular weight is 198 g/mol. The molecule has 0 aliphatic carbocycles. The molecule has 1 nitrogen and oxygen atoms in total. The summed E-state index contributed by atoms with van der Waals surface area (Å²) in [6, 6.07) is 0. The van der Waals surface area contributed by atoms with Crippen LogP contribution in [-0.4, -0.2) is 14.4 Å². The smallest absolute Gasteiger partial charge is 0.184 e. The van der Waals surface area contributed by atoms with Crippen molar-refractivity contribution < 1.29 is 4.43 Å². The zero-order valence-corrected chi connectivity index (χ0v) is 10.6. The van der Waals surface area contributed by atoms with Crippen molar-refractivity contribution in [3.05, 3.63) is 18.4 Å². The lowest BCUT2D eigenvalue weighted by Crippen LogP contribution is -2.34. The van der Waals surface area contributed by atoms with Crippen LogP contribution in [0.5, 0.6) is 0 Å². The molecule has 0 amide bonds. The van der Waals surface area contributed by atoms with Crippen LogP contribution in [0.3, 0.4) is 0 Å². The molecule has 0 saturated heterocycles. The Labute approximate surface area is 83.6 Å². The largest absolute Gasteiger partial charge is 0.414 e. The van der Waals surface area contributed by atoms with Gasteiger partial charge in [-0.2, -0.15) is 0 Å². The maximum Gasteiger partial charge on any atom is 0.184 e. The molecule has 0 spiro atoms. The Morgan fingerprint density at radius 2 is 1.92 bits per heavy atom. The van der Waals surface area contributed by atoms with E-state index < -0.39 is 8.32 Å². The first-order chi connectivity index (χ1) is 5.87. The fourth-order valence-electron chi connectivity index (χ4n) is 1.11. The maximum absolute atomic E-state index is 6.04. The van der Waals surface area contributed by atoms with E-state index in [1.54, 1.807) is 0 Å². The van der Waals surface area contributed by atoms with Crippen molar-refractivity contribution in [3.8, 4) is 0 Å². The normalized spacial score (nSPS) is 14.0. The molecule has 0 radical (unpaired) electrons. The van der Waals surface area contributed by atoms with E-state index in [2.05, 4.69) is 45.8 Å². The molecule has 1 atom stereocenters. The molecule has 0 fully saturated rings. The van der Waals surface area contributed by atoms with Crippen LogP contribution in [0.4, 0.5) is 0 Å². The molecule has 13 heavy (non-hydrogen) atoms. The summed E-state index contributed by atoms with van der Waals surface area (Å²) in [5.41, 5.74) is 2.80. The van der Waals surface area contributed by atoms with Gasteiger partial charge in [0.05, 0.1) is 6.10 Å². The summed E-state index contributed by atoms with van der Waals surface area (Å²) in [6.07, 6.45) is 3.23. The van der Waals surface area contributed by atoms with Crippen LogP contribution in [0.1, 0.15) is 20.3 Å². The van der Waals surface area contributed by atoms with E-state index >= 15 is 0 Å². The van der Waals surface area contributed by atoms with E-state index in [4.69, 9.17) is 4.43 Å². The van der Waals surface area contributed by atoms with Crippen molar-refractivity contribution in [2.24, 2.45) is 5.92 Å². The van der Waals surface area contributed by atoms with Crippen LogP contribution in [0.2, 0.25) is 19.6 Å². The van der Waals surface area contributed by atoms with Gasteiger partial charge in [-0.25, -0.2) is 0 Å². The number of rotatable bonds is 5. The van der Waals surface area contributed by atoms with E-state index in [-0.39, 0.29) is 0 Å². The van der Waals surface area contributed by atoms with Gasteiger partial charge < -0.3 is 4.43 Å². The zero-order valence-electron chi connectivity index (χ0n) is 9.55. The van der Waals surface area contributed by atoms with Crippen molar-refractivity contribution in [1.82, 2.24) is 0 Å². The molecule has 0 aromatic rings. The predicted octanol–water partition coefficient (Wildman–Crippen LogP) is 3.59. The second-order valence-electron chi connectivity index (χ2n) is 4.66. The highest BCUT2D eigenvalue weighted by Crippen LogP contribution is 2.17. The van der Waals surface area contributed by atoms with Crippen LogP contribution in [0.15, 0.2) is 18.4 Å². The Morgan fingerprint density at radius 3 is 2.23 bits per heavy atom. The third-order valence-electron chi connectivity index (χ3n) is 1.74. The average Bonchev–Trinajstić information content (AvgIpc) is 1.95. The topological polar surface area (TPSA) is 9.23 Å². The molecule has 0 saturated carbocycles. The van der Waals surface area contributed by atoms with Gasteiger partial charge in [-0.3, -0.25) is 0 Å². The van der Waals surface area contributed by atoms with E-state index in [9.17, 15) is 0 Å². The second-order valence-corrected chi connectivity index (χ2v) is 9.12. The second kappa shape index (κ2) is 5.43. The zero-order chi connectivity index (χ0) is 10.5. The third kappa shape index (κ3) is 6.82. The van der Waals surface area contributed by atoms with E-state index in [1.807, 2.05) is 6.08 Å². The summed E-state index contributed by atoms with van der Waals surface area (Å²) in [5.74, 6) is 0.566. The summed E-state index contributed by atoms with van der Waals surface area (Å²) in [5, 5.41) is 0. The fraction of sp³-hybridized carbons (Fsp3) is 0.727. The minimum Gasteiger partial charge on any atom is -0.414 e. The summed E-state index contributed by atoms with van der Waals surface area (Å²) < 4.78 is 6.04. The molecular weight excluding hydrogens is 176 g/mol. The van der Waals surface area contributed by atoms with Gasteiger partial charge in [0.1, 0.15) is 0 Å². The van der Waals surface area contributed by atoms with Gasteiger partial charge >= 0.3 is 0 Å². The molecule has 0 aliphatic heterocycles. The fourth-order valence-corrected chi connectivity index (χ4v) is 2.39. The molecule has 0 rings (SSSR count). The van der Waals surface area contributed by atoms with Gasteiger partial charge in [-0.05, 0) is 38.1 Å². The standard InChI is InChI=1S/C11H22OSi/c1-7-8-9-11(10(2)3)12-13(4,5)6/h8,10-11H,1,9H2,2-6H3. The highest BCUT2D eigenvalue weighted by molar-refractivity contribution is 6.69. The van der Waals surface area contributed by atoms with E-state index in [0.717, 1.165) is 6.42 Å². The van der Waals surface area contributed by atoms with Gasteiger partial charge in [0.25, 0.3) is 0 Å². The molecule has 1 unspecified atom stereocenters. The van der Waals surface area contributed by atoms with Gasteiger partial charge in [0.2, 0.25) is 0 Å². The van der Waals surface area contributed by atoms with Crippen LogP contribution in [0.25, 0.3) is 0 Å². The van der Waals surface area contributed by atoms with E-state index in [1.165, 1.54) is 0 Å². The summed E-state index contributed by atoms with van der Waals surface area (Å²) in [6.45, 7) is 14.6. The van der Waals surface area contributed by atoms with Crippen LogP contribution < -0.4 is 0 Å². The summed E-state index contributed by atoms with van der Waals surface area (Å²) in [7, 11) is -1.40. The van der Waals surface area contributed by atoms with Crippen molar-refractivity contribution in [1.29, 1.82) is 0 Å². The molecule has 0 aromatic heterocycles. The Balaban J connectivity index is 4.18. The van der Waals surface area contributed by atoms with Crippen molar-refractivity contribution in [3.63, 3.8) is 0 Å². The first-order valence-corrected chi connectivity index (χ1v) is 8.29. The Morgan fingerprint density at radius 1 is 1.38 bits per heavy atom. The van der Waals surface area contributed by atoms with E-state index in [0.29, 0.717) is 12.0 Å². The number of hydrogen-bond donors (Lipinski definition) is 0. The van der Waals surface area contributed by atoms with Crippen LogP contribution in [0, 0.1) is 5.92 Å². The van der Waals surface area contributed by atoms with Gasteiger partial charge in [0.15, 0.2) is 8.32 Å². The lowest BCUT2D eigenvalue weighted by Gasteiger charge is -2.28. The van der Waals surface area contributed by atoms with Gasteiger partial charge in [0, 0.05) is 0 Å². The number of hydrogen-bond acceptors (Lipinski definition) is 1. The highest BCUT2D eigenvalue weighted by Gasteiger charge is 2.22. The molecular formula is C11H22OSi. The quantitative estimate of drug-likeness (QED) is 0.484. The van der Waals surface area contributed by atoms with Crippen molar-refractivity contribution in [2.45, 2.75) is 46.0 Å². The summed E-state index contributed by atoms with van der Waals surface area (Å²) >= 11 is 0. The highest BCUT2D eigenvalue weighted by atomic mass is 28.4. The van der Waals surface area contributed by atoms with Gasteiger partial charge in [-0.1, -0.05) is 20.4 Å². The predicted molar refractivity (Wildman–Crippen MR) is 61.4 cm³/mol. The Kier molecular flexibility index (Phi) is 5.31. The molecule has 2 heteroatoms. The lowest BCUT2D eigenvalue weighted by atomic mass is 10.0. The molecule has 0 heterocycles. The first-order valence-electron chi connectivity index (χ1n) is 4.89. The van der Waals surface area contributed by atoms with Crippen molar-refractivity contribution in [2.75, 3.05) is 0 Å². The minimum absolute atomic E-state index is 0.334. The first kappa shape index (κ1) is 12.7. The SMILES string of the molecule is C=C=CCC(O[Si](C)(C)C)C(C)C. The maximum atomic E-state index is 6.04. The molecule has 76 valence electrons. The summed E-state index contributed by atoms with van der Waals surface area (Å²) in [4.78, 5) is 0.